The quantitative estimate of drug-likeness (QED) is 0.487. The van der Waals surface area contributed by atoms with Gasteiger partial charge in [0.05, 0.1) is 16.5 Å². The molecule has 1 aliphatic rings. The van der Waals surface area contributed by atoms with Gasteiger partial charge in [0.25, 0.3) is 5.69 Å². The number of nitrogens with zero attached hydrogens (tertiary/aromatic N) is 3. The molecule has 2 aromatic rings. The van der Waals surface area contributed by atoms with Gasteiger partial charge < -0.3 is 10.2 Å². The summed E-state index contributed by atoms with van der Waals surface area (Å²) >= 11 is 0. The number of hydrogen-bond donors (Lipinski definition) is 2. The molecule has 0 saturated carbocycles. The van der Waals surface area contributed by atoms with Gasteiger partial charge in [-0.15, -0.1) is 0 Å². The second-order valence-electron chi connectivity index (χ2n) is 7.81. The molecule has 0 aliphatic carbocycles. The summed E-state index contributed by atoms with van der Waals surface area (Å²) in [7, 11) is 0. The van der Waals surface area contributed by atoms with Crippen molar-refractivity contribution in [3.05, 3.63) is 69.8 Å². The molecule has 2 aromatic carbocycles. The average molecular weight is 479 g/mol. The van der Waals surface area contributed by atoms with Crippen LogP contribution < -0.4 is 15.5 Å². The van der Waals surface area contributed by atoms with Crippen LogP contribution in [0.5, 0.6) is 0 Å². The predicted octanol–water partition coefficient (Wildman–Crippen LogP) is 3.15. The number of halogens is 3. The number of nitrogens with one attached hydrogen (secondary N) is 2. The first-order valence-electron chi connectivity index (χ1n) is 10.5. The Morgan fingerprint density at radius 1 is 1.09 bits per heavy atom. The summed E-state index contributed by atoms with van der Waals surface area (Å²) in [5.74, 6) is -0.500. The molecule has 1 heterocycles. The number of imide groups is 1. The smallest absolute Gasteiger partial charge is 0.363 e. The first kappa shape index (κ1) is 25.0. The molecule has 0 spiro atoms. The van der Waals surface area contributed by atoms with Gasteiger partial charge in [-0.05, 0) is 24.6 Å². The molecule has 0 bridgehead atoms. The third-order valence-electron chi connectivity index (χ3n) is 5.61. The molecule has 3 rings (SSSR count). The van der Waals surface area contributed by atoms with Crippen molar-refractivity contribution in [2.45, 2.75) is 25.7 Å². The molecule has 1 fully saturated rings. The molecular formula is C22H24F3N5O4. The topological polar surface area (TPSA) is 108 Å². The van der Waals surface area contributed by atoms with Gasteiger partial charge in [-0.2, -0.15) is 13.2 Å². The van der Waals surface area contributed by atoms with E-state index in [4.69, 9.17) is 0 Å². The van der Waals surface area contributed by atoms with Crippen molar-refractivity contribution in [1.29, 1.82) is 0 Å². The standard InChI is InChI=1S/C22H24F3N5O4/c1-15(20(31)27-21(32)26-14-16-5-3-2-4-6-16)28-9-11-29(12-10-28)18-8-7-17(22(23,24)25)13-19(18)30(33)34/h2-8,13,15H,9-12,14H2,1H3,(H2,26,27,31,32). The molecule has 1 unspecified atom stereocenters. The van der Waals surface area contributed by atoms with Crippen molar-refractivity contribution in [2.24, 2.45) is 0 Å². The van der Waals surface area contributed by atoms with Crippen LogP contribution in [0.1, 0.15) is 18.1 Å². The lowest BCUT2D eigenvalue weighted by atomic mass is 10.1. The molecule has 34 heavy (non-hydrogen) atoms. The van der Waals surface area contributed by atoms with Crippen LogP contribution in [0.3, 0.4) is 0 Å². The minimum absolute atomic E-state index is 0.0926. The molecule has 12 heteroatoms. The van der Waals surface area contributed by atoms with Gasteiger partial charge in [-0.25, -0.2) is 4.79 Å². The molecule has 2 N–H and O–H groups in total. The van der Waals surface area contributed by atoms with Crippen LogP contribution in [0.2, 0.25) is 0 Å². The van der Waals surface area contributed by atoms with Crippen molar-refractivity contribution in [3.8, 4) is 0 Å². The van der Waals surface area contributed by atoms with E-state index >= 15 is 0 Å². The van der Waals surface area contributed by atoms with Crippen LogP contribution in [-0.2, 0) is 17.5 Å². The van der Waals surface area contributed by atoms with Gasteiger partial charge >= 0.3 is 12.2 Å². The van der Waals surface area contributed by atoms with Crippen molar-refractivity contribution in [3.63, 3.8) is 0 Å². The highest BCUT2D eigenvalue weighted by Crippen LogP contribution is 2.36. The fraction of sp³-hybridized carbons (Fsp3) is 0.364. The fourth-order valence-corrected chi connectivity index (χ4v) is 3.67. The second kappa shape index (κ2) is 10.5. The van der Waals surface area contributed by atoms with Crippen LogP contribution in [0.15, 0.2) is 48.5 Å². The number of anilines is 1. The number of carbonyl (C=O) groups is 2. The summed E-state index contributed by atoms with van der Waals surface area (Å²) in [5, 5.41) is 16.3. The Hall–Kier alpha value is -3.67. The summed E-state index contributed by atoms with van der Waals surface area (Å²) < 4.78 is 38.8. The number of nitro groups is 1. The van der Waals surface area contributed by atoms with E-state index in [1.165, 1.54) is 0 Å². The minimum Gasteiger partial charge on any atom is -0.363 e. The van der Waals surface area contributed by atoms with Crippen molar-refractivity contribution < 1.29 is 27.7 Å². The largest absolute Gasteiger partial charge is 0.416 e. The zero-order valence-electron chi connectivity index (χ0n) is 18.3. The third kappa shape index (κ3) is 6.22. The van der Waals surface area contributed by atoms with Gasteiger partial charge in [-0.1, -0.05) is 30.3 Å². The zero-order valence-corrected chi connectivity index (χ0v) is 18.3. The van der Waals surface area contributed by atoms with Crippen molar-refractivity contribution in [1.82, 2.24) is 15.5 Å². The summed E-state index contributed by atoms with van der Waals surface area (Å²) in [4.78, 5) is 38.4. The van der Waals surface area contributed by atoms with Crippen molar-refractivity contribution >= 4 is 23.3 Å². The lowest BCUT2D eigenvalue weighted by Crippen LogP contribution is -2.55. The summed E-state index contributed by atoms with van der Waals surface area (Å²) in [6, 6.07) is 10.4. The number of rotatable bonds is 6. The molecule has 1 atom stereocenters. The maximum Gasteiger partial charge on any atom is 0.416 e. The number of hydrogen-bond acceptors (Lipinski definition) is 6. The number of benzene rings is 2. The van der Waals surface area contributed by atoms with Crippen LogP contribution in [0, 0.1) is 10.1 Å². The first-order valence-corrected chi connectivity index (χ1v) is 10.5. The maximum absolute atomic E-state index is 12.9. The lowest BCUT2D eigenvalue weighted by molar-refractivity contribution is -0.384. The second-order valence-corrected chi connectivity index (χ2v) is 7.81. The van der Waals surface area contributed by atoms with E-state index < -0.39 is 40.3 Å². The number of amides is 3. The highest BCUT2D eigenvalue weighted by molar-refractivity contribution is 5.96. The molecule has 1 saturated heterocycles. The Morgan fingerprint density at radius 3 is 2.32 bits per heavy atom. The Bertz CT molecular complexity index is 1040. The molecule has 182 valence electrons. The van der Waals surface area contributed by atoms with E-state index in [2.05, 4.69) is 10.6 Å². The van der Waals surface area contributed by atoms with Crippen LogP contribution >= 0.6 is 0 Å². The normalized spacial score (nSPS) is 15.5. The van der Waals surface area contributed by atoms with Gasteiger partial charge in [0, 0.05) is 38.8 Å². The van der Waals surface area contributed by atoms with Gasteiger partial charge in [-0.3, -0.25) is 25.1 Å². The molecule has 3 amide bonds. The Kier molecular flexibility index (Phi) is 7.72. The molecule has 0 aromatic heterocycles. The van der Waals surface area contributed by atoms with Crippen LogP contribution in [0.4, 0.5) is 29.3 Å². The van der Waals surface area contributed by atoms with E-state index in [1.54, 1.807) is 16.7 Å². The molecule has 0 radical (unpaired) electrons. The highest BCUT2D eigenvalue weighted by atomic mass is 19.4. The van der Waals surface area contributed by atoms with Gasteiger partial charge in [0.15, 0.2) is 0 Å². The molecule has 1 aliphatic heterocycles. The van der Waals surface area contributed by atoms with Crippen LogP contribution in [0.25, 0.3) is 0 Å². The SMILES string of the molecule is CC(C(=O)NC(=O)NCc1ccccc1)N1CCN(c2ccc(C(F)(F)F)cc2[N+](=O)[O-])CC1. The third-order valence-corrected chi connectivity index (χ3v) is 5.61. The van der Waals surface area contributed by atoms with E-state index in [1.807, 2.05) is 30.3 Å². The van der Waals surface area contributed by atoms with E-state index in [9.17, 15) is 32.9 Å². The predicted molar refractivity (Wildman–Crippen MR) is 118 cm³/mol. The van der Waals surface area contributed by atoms with Gasteiger partial charge in [0.2, 0.25) is 5.91 Å². The zero-order chi connectivity index (χ0) is 24.9. The number of piperazine rings is 1. The summed E-state index contributed by atoms with van der Waals surface area (Å²) in [6.07, 6.45) is -4.68. The lowest BCUT2D eigenvalue weighted by Gasteiger charge is -2.38. The summed E-state index contributed by atoms with van der Waals surface area (Å²) in [6.45, 7) is 3.10. The Labute approximate surface area is 193 Å². The summed E-state index contributed by atoms with van der Waals surface area (Å²) in [5.41, 5.74) is -0.733. The Balaban J connectivity index is 1.55. The Morgan fingerprint density at radius 2 is 1.74 bits per heavy atom. The van der Waals surface area contributed by atoms with E-state index in [-0.39, 0.29) is 25.3 Å². The molecular weight excluding hydrogens is 455 g/mol. The number of urea groups is 1. The van der Waals surface area contributed by atoms with E-state index in [0.29, 0.717) is 19.2 Å². The van der Waals surface area contributed by atoms with Crippen LogP contribution in [-0.4, -0.2) is 54.0 Å². The highest BCUT2D eigenvalue weighted by Gasteiger charge is 2.35. The fourth-order valence-electron chi connectivity index (χ4n) is 3.67. The maximum atomic E-state index is 12.9. The molecule has 9 nitrogen and oxygen atoms in total. The average Bonchev–Trinajstić information content (AvgIpc) is 2.82. The van der Waals surface area contributed by atoms with E-state index in [0.717, 1.165) is 17.7 Å². The van der Waals surface area contributed by atoms with Gasteiger partial charge in [0.1, 0.15) is 5.69 Å². The first-order chi connectivity index (χ1) is 16.1. The number of alkyl halides is 3. The van der Waals surface area contributed by atoms with Crippen molar-refractivity contribution in [2.75, 3.05) is 31.1 Å². The monoisotopic (exact) mass is 479 g/mol. The minimum atomic E-state index is -4.68. The number of nitro benzene ring substituents is 1. The number of carbonyl (C=O) groups excluding carboxylic acids is 2.